The van der Waals surface area contributed by atoms with Crippen molar-refractivity contribution in [1.82, 2.24) is 15.4 Å². The van der Waals surface area contributed by atoms with Crippen LogP contribution in [0.1, 0.15) is 24.8 Å². The molecule has 2 aromatic heterocycles. The summed E-state index contributed by atoms with van der Waals surface area (Å²) in [6, 6.07) is 19.0. The van der Waals surface area contributed by atoms with Gasteiger partial charge in [0.15, 0.2) is 0 Å². The predicted octanol–water partition coefficient (Wildman–Crippen LogP) is 5.80. The molecule has 0 fully saturated rings. The van der Waals surface area contributed by atoms with Crippen LogP contribution < -0.4 is 15.0 Å². The lowest BCUT2D eigenvalue weighted by molar-refractivity contribution is 0.234. The number of nitrogens with one attached hydrogen (secondary N) is 2. The first-order valence-electron chi connectivity index (χ1n) is 11.0. The summed E-state index contributed by atoms with van der Waals surface area (Å²) >= 11 is 1.61. The van der Waals surface area contributed by atoms with E-state index in [1.54, 1.807) is 41.8 Å². The molecule has 0 bridgehead atoms. The highest BCUT2D eigenvalue weighted by atomic mass is 32.1. The molecule has 0 atom stereocenters. The summed E-state index contributed by atoms with van der Waals surface area (Å²) in [5.74, 6) is 1.56. The monoisotopic (exact) mass is 474 g/mol. The molecule has 0 aliphatic rings. The van der Waals surface area contributed by atoms with E-state index in [4.69, 9.17) is 25.1 Å². The standard InChI is InChI=1S/C26H26N4O3S/c27-25(30-31)20-8-12-23(13-9-20)33-16-3-1-2-15-32-22-10-6-19(7-11-22)24-18-34-26(29-24)21-5-4-14-28-17-21/h4-14,17-18,31H,1-3,15-16H2,(H2,27,30). The summed E-state index contributed by atoms with van der Waals surface area (Å²) in [6.45, 7) is 1.28. The molecular weight excluding hydrogens is 448 g/mol. The van der Waals surface area contributed by atoms with E-state index in [2.05, 4.69) is 10.4 Å². The van der Waals surface area contributed by atoms with Gasteiger partial charge in [0.1, 0.15) is 22.3 Å². The van der Waals surface area contributed by atoms with Crippen LogP contribution in [-0.4, -0.2) is 34.2 Å². The van der Waals surface area contributed by atoms with Gasteiger partial charge in [-0.3, -0.25) is 21.1 Å². The van der Waals surface area contributed by atoms with Crippen LogP contribution in [0.3, 0.4) is 0 Å². The summed E-state index contributed by atoms with van der Waals surface area (Å²) in [4.78, 5) is 8.88. The van der Waals surface area contributed by atoms with E-state index in [9.17, 15) is 0 Å². The fourth-order valence-electron chi connectivity index (χ4n) is 3.29. The van der Waals surface area contributed by atoms with Gasteiger partial charge in [0, 0.05) is 34.5 Å². The van der Waals surface area contributed by atoms with Crippen molar-refractivity contribution in [3.8, 4) is 33.3 Å². The van der Waals surface area contributed by atoms with E-state index < -0.39 is 0 Å². The maximum absolute atomic E-state index is 8.75. The quantitative estimate of drug-likeness (QED) is 0.110. The van der Waals surface area contributed by atoms with Gasteiger partial charge in [-0.25, -0.2) is 4.98 Å². The van der Waals surface area contributed by atoms with Crippen LogP contribution in [-0.2, 0) is 0 Å². The van der Waals surface area contributed by atoms with Gasteiger partial charge in [-0.1, -0.05) is 0 Å². The molecule has 2 heterocycles. The minimum atomic E-state index is -0.0423. The van der Waals surface area contributed by atoms with E-state index in [1.165, 1.54) is 0 Å². The maximum Gasteiger partial charge on any atom is 0.149 e. The number of aromatic nitrogens is 2. The number of thiazole rings is 1. The second kappa shape index (κ2) is 11.9. The Kier molecular flexibility index (Phi) is 8.21. The Morgan fingerprint density at radius 1 is 0.882 bits per heavy atom. The Bertz CT molecular complexity index is 1180. The van der Waals surface area contributed by atoms with Crippen molar-refractivity contribution in [3.05, 3.63) is 84.0 Å². The van der Waals surface area contributed by atoms with E-state index in [0.29, 0.717) is 18.8 Å². The number of ether oxygens (including phenoxy) is 2. The fourth-order valence-corrected chi connectivity index (χ4v) is 4.11. The average Bonchev–Trinajstić information content (AvgIpc) is 3.39. The summed E-state index contributed by atoms with van der Waals surface area (Å²) in [5, 5.41) is 19.3. The molecule has 0 amide bonds. The van der Waals surface area contributed by atoms with E-state index in [0.717, 1.165) is 52.6 Å². The van der Waals surface area contributed by atoms with Crippen molar-refractivity contribution in [1.29, 1.82) is 5.41 Å². The highest BCUT2D eigenvalue weighted by molar-refractivity contribution is 7.13. The van der Waals surface area contributed by atoms with E-state index >= 15 is 0 Å². The van der Waals surface area contributed by atoms with Crippen molar-refractivity contribution >= 4 is 17.2 Å². The average molecular weight is 475 g/mol. The minimum Gasteiger partial charge on any atom is -0.494 e. The van der Waals surface area contributed by atoms with Crippen LogP contribution in [0.4, 0.5) is 0 Å². The molecule has 0 spiro atoms. The highest BCUT2D eigenvalue weighted by Gasteiger charge is 2.07. The van der Waals surface area contributed by atoms with Crippen molar-refractivity contribution in [2.75, 3.05) is 13.2 Å². The molecule has 7 nitrogen and oxygen atoms in total. The number of pyridine rings is 1. The normalized spacial score (nSPS) is 10.6. The third-order valence-corrected chi connectivity index (χ3v) is 6.04. The zero-order chi connectivity index (χ0) is 23.6. The van der Waals surface area contributed by atoms with Crippen molar-refractivity contribution in [3.63, 3.8) is 0 Å². The van der Waals surface area contributed by atoms with Crippen LogP contribution in [0.15, 0.2) is 78.4 Å². The first kappa shape index (κ1) is 23.4. The maximum atomic E-state index is 8.75. The van der Waals surface area contributed by atoms with Crippen LogP contribution in [0.5, 0.6) is 11.5 Å². The molecule has 4 aromatic rings. The number of hydroxylamine groups is 1. The Morgan fingerprint density at radius 3 is 2.18 bits per heavy atom. The topological polar surface area (TPSA) is 100 Å². The number of amidine groups is 1. The largest absolute Gasteiger partial charge is 0.494 e. The fraction of sp³-hybridized carbons (Fsp3) is 0.192. The van der Waals surface area contributed by atoms with Crippen LogP contribution in [0.2, 0.25) is 0 Å². The minimum absolute atomic E-state index is 0.0423. The molecule has 0 aliphatic heterocycles. The summed E-state index contributed by atoms with van der Waals surface area (Å²) in [6.07, 6.45) is 6.47. The van der Waals surface area contributed by atoms with Gasteiger partial charge >= 0.3 is 0 Å². The number of hydrogen-bond acceptors (Lipinski definition) is 7. The van der Waals surface area contributed by atoms with Crippen molar-refractivity contribution in [2.24, 2.45) is 0 Å². The predicted molar refractivity (Wildman–Crippen MR) is 134 cm³/mol. The van der Waals surface area contributed by atoms with Gasteiger partial charge in [-0.15, -0.1) is 11.3 Å². The van der Waals surface area contributed by atoms with Gasteiger partial charge < -0.3 is 9.47 Å². The first-order valence-corrected chi connectivity index (χ1v) is 11.9. The van der Waals surface area contributed by atoms with Gasteiger partial charge in [-0.05, 0) is 79.9 Å². The van der Waals surface area contributed by atoms with Crippen LogP contribution >= 0.6 is 11.3 Å². The lowest BCUT2D eigenvalue weighted by Gasteiger charge is -2.09. The summed E-state index contributed by atoms with van der Waals surface area (Å²) < 4.78 is 11.6. The highest BCUT2D eigenvalue weighted by Crippen LogP contribution is 2.29. The Labute approximate surface area is 202 Å². The molecule has 0 unspecified atom stereocenters. The third-order valence-electron chi connectivity index (χ3n) is 5.14. The Balaban J connectivity index is 1.14. The van der Waals surface area contributed by atoms with Gasteiger partial charge in [-0.2, -0.15) is 0 Å². The molecule has 0 saturated carbocycles. The molecule has 0 aliphatic carbocycles. The summed E-state index contributed by atoms with van der Waals surface area (Å²) in [7, 11) is 0. The zero-order valence-electron chi connectivity index (χ0n) is 18.6. The zero-order valence-corrected chi connectivity index (χ0v) is 19.4. The van der Waals surface area contributed by atoms with Crippen molar-refractivity contribution in [2.45, 2.75) is 19.3 Å². The van der Waals surface area contributed by atoms with Crippen LogP contribution in [0.25, 0.3) is 21.8 Å². The third kappa shape index (κ3) is 6.40. The molecule has 174 valence electrons. The smallest absolute Gasteiger partial charge is 0.149 e. The number of benzene rings is 2. The lowest BCUT2D eigenvalue weighted by atomic mass is 10.1. The molecule has 4 rings (SSSR count). The first-order chi connectivity index (χ1) is 16.7. The SMILES string of the molecule is N=C(NO)c1ccc(OCCCCCOc2ccc(-c3csc(-c4cccnc4)n3)cc2)cc1. The number of unbranched alkanes of at least 4 members (excludes halogenated alkanes) is 2. The molecular formula is C26H26N4O3S. The Morgan fingerprint density at radius 2 is 1.56 bits per heavy atom. The molecule has 8 heteroatoms. The Hall–Kier alpha value is -3.75. The van der Waals surface area contributed by atoms with Gasteiger partial charge in [0.05, 0.1) is 18.9 Å². The lowest BCUT2D eigenvalue weighted by Crippen LogP contribution is -2.18. The second-order valence-corrected chi connectivity index (χ2v) is 8.43. The number of nitrogens with zero attached hydrogens (tertiary/aromatic N) is 2. The van der Waals surface area contributed by atoms with Crippen molar-refractivity contribution < 1.29 is 14.7 Å². The summed E-state index contributed by atoms with van der Waals surface area (Å²) in [5.41, 5.74) is 5.47. The second-order valence-electron chi connectivity index (χ2n) is 7.57. The van der Waals surface area contributed by atoms with Gasteiger partial charge in [0.25, 0.3) is 0 Å². The molecule has 34 heavy (non-hydrogen) atoms. The van der Waals surface area contributed by atoms with E-state index in [-0.39, 0.29) is 5.84 Å². The molecule has 0 radical (unpaired) electrons. The number of rotatable bonds is 11. The molecule has 2 aromatic carbocycles. The molecule has 3 N–H and O–H groups in total. The van der Waals surface area contributed by atoms with E-state index in [1.807, 2.05) is 48.1 Å². The van der Waals surface area contributed by atoms with Gasteiger partial charge in [0.2, 0.25) is 0 Å². The molecule has 0 saturated heterocycles. The van der Waals surface area contributed by atoms with Crippen LogP contribution in [0, 0.1) is 5.41 Å². The number of hydrogen-bond donors (Lipinski definition) is 3.